The second-order valence-corrected chi connectivity index (χ2v) is 9.05. The van der Waals surface area contributed by atoms with Gasteiger partial charge in [-0.25, -0.2) is 9.59 Å². The van der Waals surface area contributed by atoms with Crippen molar-refractivity contribution < 1.29 is 23.8 Å². The first kappa shape index (κ1) is 19.8. The Morgan fingerprint density at radius 2 is 2.12 bits per heavy atom. The summed E-state index contributed by atoms with van der Waals surface area (Å²) in [6.45, 7) is 8.97. The molecule has 1 aliphatic rings. The molecular formula is C16H23BrN2O5S. The normalized spacial score (nSPS) is 15.0. The molecule has 0 fully saturated rings. The van der Waals surface area contributed by atoms with Gasteiger partial charge in [0.05, 0.1) is 13.7 Å². The lowest BCUT2D eigenvalue weighted by atomic mass is 10.2. The molecule has 2 heterocycles. The monoisotopic (exact) mass is 434 g/mol. The highest BCUT2D eigenvalue weighted by atomic mass is 79.9. The highest BCUT2D eigenvalue weighted by Gasteiger charge is 2.31. The standard InChI is InChI=1S/C16H23BrN2O5S/c1-9(18-15(21)24-16(2,3)4)8-19-6-7-23-11-10(19)12(14(20)22-5)25-13(11)17/h9H,6-8H2,1-5H3,(H,18,21). The van der Waals surface area contributed by atoms with Crippen molar-refractivity contribution in [2.45, 2.75) is 39.3 Å². The summed E-state index contributed by atoms with van der Waals surface area (Å²) in [5.74, 6) is 0.233. The molecule has 25 heavy (non-hydrogen) atoms. The molecule has 1 aliphatic heterocycles. The number of hydrogen-bond donors (Lipinski definition) is 1. The van der Waals surface area contributed by atoms with Crippen LogP contribution < -0.4 is 15.0 Å². The molecular weight excluding hydrogens is 412 g/mol. The van der Waals surface area contributed by atoms with E-state index < -0.39 is 17.7 Å². The van der Waals surface area contributed by atoms with Crippen molar-refractivity contribution >= 4 is 45.0 Å². The van der Waals surface area contributed by atoms with E-state index in [4.69, 9.17) is 14.2 Å². The van der Waals surface area contributed by atoms with E-state index in [-0.39, 0.29) is 6.04 Å². The summed E-state index contributed by atoms with van der Waals surface area (Å²) < 4.78 is 16.6. The van der Waals surface area contributed by atoms with Gasteiger partial charge in [0.15, 0.2) is 5.75 Å². The van der Waals surface area contributed by atoms with Crippen LogP contribution in [-0.2, 0) is 9.47 Å². The van der Waals surface area contributed by atoms with Crippen molar-refractivity contribution in [1.29, 1.82) is 0 Å². The van der Waals surface area contributed by atoms with Crippen LogP contribution in [0.25, 0.3) is 0 Å². The van der Waals surface area contributed by atoms with Crippen LogP contribution in [0.2, 0.25) is 0 Å². The van der Waals surface area contributed by atoms with Gasteiger partial charge in [-0.3, -0.25) is 0 Å². The summed E-state index contributed by atoms with van der Waals surface area (Å²) in [6.07, 6.45) is -0.465. The summed E-state index contributed by atoms with van der Waals surface area (Å²) in [5, 5.41) is 2.82. The van der Waals surface area contributed by atoms with Gasteiger partial charge in [-0.15, -0.1) is 11.3 Å². The summed E-state index contributed by atoms with van der Waals surface area (Å²) >= 11 is 4.72. The largest absolute Gasteiger partial charge is 0.487 e. The van der Waals surface area contributed by atoms with Gasteiger partial charge in [0.25, 0.3) is 0 Å². The smallest absolute Gasteiger partial charge is 0.407 e. The third-order valence-electron chi connectivity index (χ3n) is 3.35. The van der Waals surface area contributed by atoms with E-state index in [1.807, 2.05) is 32.6 Å². The fraction of sp³-hybridized carbons (Fsp3) is 0.625. The lowest BCUT2D eigenvalue weighted by Crippen LogP contribution is -2.46. The lowest BCUT2D eigenvalue weighted by molar-refractivity contribution is 0.0508. The molecule has 0 saturated carbocycles. The molecule has 0 spiro atoms. The average Bonchev–Trinajstić information content (AvgIpc) is 2.83. The van der Waals surface area contributed by atoms with Crippen molar-refractivity contribution in [2.75, 3.05) is 31.7 Å². The van der Waals surface area contributed by atoms with Gasteiger partial charge in [0, 0.05) is 12.6 Å². The Bertz CT molecular complexity index is 656. The zero-order chi connectivity index (χ0) is 18.8. The number of nitrogens with zero attached hydrogens (tertiary/aromatic N) is 1. The van der Waals surface area contributed by atoms with Crippen LogP contribution in [0.15, 0.2) is 3.79 Å². The lowest BCUT2D eigenvalue weighted by Gasteiger charge is -2.32. The Labute approximate surface area is 159 Å². The van der Waals surface area contributed by atoms with Gasteiger partial charge in [0.2, 0.25) is 0 Å². The Morgan fingerprint density at radius 3 is 2.72 bits per heavy atom. The average molecular weight is 435 g/mol. The minimum absolute atomic E-state index is 0.176. The highest BCUT2D eigenvalue weighted by Crippen LogP contribution is 2.47. The van der Waals surface area contributed by atoms with E-state index in [1.165, 1.54) is 18.4 Å². The van der Waals surface area contributed by atoms with Crippen LogP contribution >= 0.6 is 27.3 Å². The van der Waals surface area contributed by atoms with E-state index in [0.717, 1.165) is 3.79 Å². The maximum atomic E-state index is 12.1. The molecule has 9 heteroatoms. The Morgan fingerprint density at radius 1 is 1.44 bits per heavy atom. The number of amides is 1. The van der Waals surface area contributed by atoms with E-state index in [0.29, 0.717) is 36.0 Å². The van der Waals surface area contributed by atoms with Crippen molar-refractivity contribution in [1.82, 2.24) is 5.32 Å². The number of thiophene rings is 1. The van der Waals surface area contributed by atoms with Crippen LogP contribution in [0.3, 0.4) is 0 Å². The molecule has 1 atom stereocenters. The van der Waals surface area contributed by atoms with Gasteiger partial charge in [-0.2, -0.15) is 0 Å². The number of esters is 1. The van der Waals surface area contributed by atoms with Crippen LogP contribution in [0.4, 0.5) is 10.5 Å². The van der Waals surface area contributed by atoms with Gasteiger partial charge in [0.1, 0.15) is 26.6 Å². The van der Waals surface area contributed by atoms with Crippen molar-refractivity contribution in [3.63, 3.8) is 0 Å². The summed E-state index contributed by atoms with van der Waals surface area (Å²) in [5.41, 5.74) is 0.152. The number of carbonyl (C=O) groups excluding carboxylic acids is 2. The van der Waals surface area contributed by atoms with E-state index in [1.54, 1.807) is 0 Å². The molecule has 1 amide bonds. The van der Waals surface area contributed by atoms with Crippen LogP contribution in [0.5, 0.6) is 5.75 Å². The number of nitrogens with one attached hydrogen (secondary N) is 1. The molecule has 2 rings (SSSR count). The molecule has 140 valence electrons. The molecule has 7 nitrogen and oxygen atoms in total. The van der Waals surface area contributed by atoms with Crippen molar-refractivity contribution in [3.8, 4) is 5.75 Å². The molecule has 0 saturated heterocycles. The maximum Gasteiger partial charge on any atom is 0.407 e. The van der Waals surface area contributed by atoms with Gasteiger partial charge >= 0.3 is 12.1 Å². The fourth-order valence-electron chi connectivity index (χ4n) is 2.46. The highest BCUT2D eigenvalue weighted by molar-refractivity contribution is 9.11. The molecule has 1 aromatic rings. The number of hydrogen-bond acceptors (Lipinski definition) is 7. The predicted molar refractivity (Wildman–Crippen MR) is 99.9 cm³/mol. The topological polar surface area (TPSA) is 77.1 Å². The summed E-state index contributed by atoms with van der Waals surface area (Å²) in [4.78, 5) is 26.5. The number of anilines is 1. The molecule has 1 aromatic heterocycles. The number of halogens is 1. The summed E-state index contributed by atoms with van der Waals surface area (Å²) in [6, 6.07) is -0.176. The molecule has 0 radical (unpaired) electrons. The van der Waals surface area contributed by atoms with Crippen molar-refractivity contribution in [2.24, 2.45) is 0 Å². The number of fused-ring (bicyclic) bond motifs is 1. The Balaban J connectivity index is 2.12. The van der Waals surface area contributed by atoms with Crippen LogP contribution in [0.1, 0.15) is 37.4 Å². The summed E-state index contributed by atoms with van der Waals surface area (Å²) in [7, 11) is 1.35. The van der Waals surface area contributed by atoms with Gasteiger partial charge in [-0.1, -0.05) is 0 Å². The Kier molecular flexibility index (Phi) is 6.21. The molecule has 0 aromatic carbocycles. The van der Waals surface area contributed by atoms with Crippen molar-refractivity contribution in [3.05, 3.63) is 8.66 Å². The van der Waals surface area contributed by atoms with Crippen LogP contribution in [-0.4, -0.2) is 50.5 Å². The number of carbonyl (C=O) groups is 2. The van der Waals surface area contributed by atoms with E-state index in [9.17, 15) is 9.59 Å². The molecule has 0 aliphatic carbocycles. The molecule has 0 bridgehead atoms. The zero-order valence-electron chi connectivity index (χ0n) is 15.0. The number of methoxy groups -OCH3 is 1. The minimum Gasteiger partial charge on any atom is -0.487 e. The number of rotatable bonds is 4. The predicted octanol–water partition coefficient (Wildman–Crippen LogP) is 3.41. The van der Waals surface area contributed by atoms with Gasteiger partial charge < -0.3 is 24.4 Å². The SMILES string of the molecule is COC(=O)c1sc(Br)c2c1N(CC(C)NC(=O)OC(C)(C)C)CCO2. The first-order valence-electron chi connectivity index (χ1n) is 7.90. The zero-order valence-corrected chi connectivity index (χ0v) is 17.4. The van der Waals surface area contributed by atoms with Crippen LogP contribution in [0, 0.1) is 0 Å². The third kappa shape index (κ3) is 5.01. The molecule has 1 unspecified atom stereocenters. The quantitative estimate of drug-likeness (QED) is 0.731. The second-order valence-electron chi connectivity index (χ2n) is 6.72. The first-order valence-corrected chi connectivity index (χ1v) is 9.51. The second kappa shape index (κ2) is 7.82. The number of alkyl carbamates (subject to hydrolysis) is 1. The Hall–Kier alpha value is -1.48. The van der Waals surface area contributed by atoms with E-state index in [2.05, 4.69) is 21.2 Å². The third-order valence-corrected chi connectivity index (χ3v) is 5.13. The maximum absolute atomic E-state index is 12.1. The minimum atomic E-state index is -0.549. The van der Waals surface area contributed by atoms with Gasteiger partial charge in [-0.05, 0) is 43.6 Å². The number of ether oxygens (including phenoxy) is 3. The molecule has 1 N–H and O–H groups in total. The fourth-order valence-corrected chi connectivity index (χ4v) is 4.16. The first-order chi connectivity index (χ1) is 11.6. The van der Waals surface area contributed by atoms with E-state index >= 15 is 0 Å².